The topological polar surface area (TPSA) is 75.7 Å². The molecule has 2 aromatic rings. The molecule has 0 spiro atoms. The lowest BCUT2D eigenvalue weighted by Gasteiger charge is -2.18. The number of hydrogen-bond acceptors (Lipinski definition) is 4. The van der Waals surface area contributed by atoms with E-state index in [9.17, 15) is 22.0 Å². The highest BCUT2D eigenvalue weighted by Gasteiger charge is 2.23. The number of fused-ring (bicyclic) bond motifs is 1. The van der Waals surface area contributed by atoms with Crippen LogP contribution in [0.3, 0.4) is 0 Å². The van der Waals surface area contributed by atoms with Gasteiger partial charge in [0.1, 0.15) is 5.75 Å². The molecule has 31 heavy (non-hydrogen) atoms. The van der Waals surface area contributed by atoms with E-state index in [4.69, 9.17) is 0 Å². The number of hydrogen-bond donors (Lipinski definition) is 1. The van der Waals surface area contributed by atoms with Crippen molar-refractivity contribution in [2.45, 2.75) is 38.8 Å². The summed E-state index contributed by atoms with van der Waals surface area (Å²) in [6.07, 6.45) is 3.66. The number of nitrogens with one attached hydrogen (secondary N) is 1. The van der Waals surface area contributed by atoms with E-state index in [1.54, 1.807) is 29.2 Å². The van der Waals surface area contributed by atoms with Gasteiger partial charge >= 0.3 is 6.61 Å². The first-order valence-corrected chi connectivity index (χ1v) is 11.5. The summed E-state index contributed by atoms with van der Waals surface area (Å²) in [7, 11) is -3.69. The van der Waals surface area contributed by atoms with Crippen LogP contribution in [0.15, 0.2) is 47.4 Å². The van der Waals surface area contributed by atoms with Gasteiger partial charge < -0.3 is 9.64 Å². The lowest BCUT2D eigenvalue weighted by Crippen LogP contribution is -2.26. The normalized spacial score (nSPS) is 16.4. The Balaban J connectivity index is 1.42. The van der Waals surface area contributed by atoms with Crippen molar-refractivity contribution >= 4 is 27.7 Å². The summed E-state index contributed by atoms with van der Waals surface area (Å²) in [6, 6.07) is 11.7. The molecule has 0 radical (unpaired) electrons. The standard InChI is InChI=1S/C22H22F2N2O4S/c23-22(24)30-19-9-5-17-13-20(10-6-16(17)12-19)31(28,29)25-14-15-3-7-18(8-4-15)26-11-1-2-21(26)27/h3-5,7-9,12-13,22,25H,1-2,6,10-11,14H2. The lowest BCUT2D eigenvalue weighted by atomic mass is 9.97. The molecule has 164 valence electrons. The summed E-state index contributed by atoms with van der Waals surface area (Å²) < 4.78 is 57.2. The molecule has 1 saturated heterocycles. The Morgan fingerprint density at radius 1 is 1.06 bits per heavy atom. The number of allylic oxidation sites excluding steroid dienone is 1. The second-order valence-corrected chi connectivity index (χ2v) is 9.31. The van der Waals surface area contributed by atoms with Crippen molar-refractivity contribution < 1.29 is 26.7 Å². The molecule has 1 aliphatic carbocycles. The second-order valence-electron chi connectivity index (χ2n) is 7.49. The second kappa shape index (κ2) is 8.76. The van der Waals surface area contributed by atoms with Crippen LogP contribution in [0, 0.1) is 0 Å². The maximum Gasteiger partial charge on any atom is 0.387 e. The van der Waals surface area contributed by atoms with Gasteiger partial charge in [0.2, 0.25) is 15.9 Å². The first-order valence-electron chi connectivity index (χ1n) is 9.99. The van der Waals surface area contributed by atoms with E-state index in [0.29, 0.717) is 24.9 Å². The van der Waals surface area contributed by atoms with Gasteiger partial charge in [0.05, 0.1) is 4.91 Å². The number of carbonyl (C=O) groups excluding carboxylic acids is 1. The van der Waals surface area contributed by atoms with Crippen LogP contribution in [0.25, 0.3) is 6.08 Å². The summed E-state index contributed by atoms with van der Waals surface area (Å²) >= 11 is 0. The Kier molecular flexibility index (Phi) is 6.06. The van der Waals surface area contributed by atoms with Crippen molar-refractivity contribution in [3.8, 4) is 5.75 Å². The van der Waals surface area contributed by atoms with Crippen LogP contribution in [0.4, 0.5) is 14.5 Å². The van der Waals surface area contributed by atoms with Gasteiger partial charge in [-0.3, -0.25) is 4.79 Å². The van der Waals surface area contributed by atoms with Crippen molar-refractivity contribution in [2.24, 2.45) is 0 Å². The number of benzene rings is 2. The molecule has 6 nitrogen and oxygen atoms in total. The van der Waals surface area contributed by atoms with E-state index >= 15 is 0 Å². The van der Waals surface area contributed by atoms with E-state index < -0.39 is 16.6 Å². The van der Waals surface area contributed by atoms with Crippen LogP contribution >= 0.6 is 0 Å². The Morgan fingerprint density at radius 3 is 2.52 bits per heavy atom. The van der Waals surface area contributed by atoms with Gasteiger partial charge in [-0.05, 0) is 66.3 Å². The van der Waals surface area contributed by atoms with Gasteiger partial charge in [-0.15, -0.1) is 0 Å². The van der Waals surface area contributed by atoms with Crippen LogP contribution < -0.4 is 14.4 Å². The van der Waals surface area contributed by atoms with Crippen molar-refractivity contribution in [3.63, 3.8) is 0 Å². The highest BCUT2D eigenvalue weighted by atomic mass is 32.2. The predicted molar refractivity (Wildman–Crippen MR) is 113 cm³/mol. The zero-order valence-corrected chi connectivity index (χ0v) is 17.5. The number of ether oxygens (including phenoxy) is 1. The van der Waals surface area contributed by atoms with Crippen LogP contribution in [0.1, 0.15) is 36.0 Å². The highest BCUT2D eigenvalue weighted by molar-refractivity contribution is 7.93. The first-order chi connectivity index (χ1) is 14.8. The van der Waals surface area contributed by atoms with Crippen LogP contribution in [-0.2, 0) is 27.8 Å². The molecule has 1 N–H and O–H groups in total. The molecule has 2 aromatic carbocycles. The molecule has 0 aromatic heterocycles. The van der Waals surface area contributed by atoms with Crippen LogP contribution in [-0.4, -0.2) is 27.5 Å². The van der Waals surface area contributed by atoms with E-state index in [2.05, 4.69) is 9.46 Å². The predicted octanol–water partition coefficient (Wildman–Crippen LogP) is 3.82. The Morgan fingerprint density at radius 2 is 1.84 bits per heavy atom. The van der Waals surface area contributed by atoms with Gasteiger partial charge in [0.15, 0.2) is 0 Å². The molecule has 2 aliphatic rings. The summed E-state index contributed by atoms with van der Waals surface area (Å²) in [5.41, 5.74) is 3.04. The van der Waals surface area contributed by atoms with Gasteiger partial charge in [0.25, 0.3) is 0 Å². The molecule has 0 saturated carbocycles. The Bertz CT molecular complexity index is 1110. The minimum absolute atomic E-state index is 0.0608. The number of sulfonamides is 1. The highest BCUT2D eigenvalue weighted by Crippen LogP contribution is 2.30. The molecule has 0 unspecified atom stereocenters. The van der Waals surface area contributed by atoms with E-state index in [-0.39, 0.29) is 29.5 Å². The Hall–Kier alpha value is -2.78. The zero-order chi connectivity index (χ0) is 22.0. The van der Waals surface area contributed by atoms with Gasteiger partial charge in [0, 0.05) is 25.2 Å². The molecular weight excluding hydrogens is 426 g/mol. The molecule has 0 bridgehead atoms. The largest absolute Gasteiger partial charge is 0.435 e. The minimum atomic E-state index is -3.69. The van der Waals surface area contributed by atoms with Crippen molar-refractivity contribution in [1.29, 1.82) is 0 Å². The minimum Gasteiger partial charge on any atom is -0.435 e. The van der Waals surface area contributed by atoms with Crippen LogP contribution in [0.2, 0.25) is 0 Å². The first kappa shape index (κ1) is 21.5. The number of aryl methyl sites for hydroxylation is 1. The third-order valence-corrected chi connectivity index (χ3v) is 6.97. The SMILES string of the molecule is O=C1CCCN1c1ccc(CNS(=O)(=O)C2=Cc3ccc(OC(F)F)cc3CC2)cc1. The average Bonchev–Trinajstić information content (AvgIpc) is 3.17. The molecule has 1 amide bonds. The molecule has 1 fully saturated rings. The quantitative estimate of drug-likeness (QED) is 0.699. The van der Waals surface area contributed by atoms with Crippen molar-refractivity contribution in [1.82, 2.24) is 4.72 Å². The summed E-state index contributed by atoms with van der Waals surface area (Å²) in [4.78, 5) is 13.8. The smallest absolute Gasteiger partial charge is 0.387 e. The van der Waals surface area contributed by atoms with Gasteiger partial charge in [-0.25, -0.2) is 13.1 Å². The zero-order valence-electron chi connectivity index (χ0n) is 16.7. The number of alkyl halides is 2. The van der Waals surface area contributed by atoms with Gasteiger partial charge in [-0.1, -0.05) is 18.2 Å². The monoisotopic (exact) mass is 448 g/mol. The lowest BCUT2D eigenvalue weighted by molar-refractivity contribution is -0.117. The molecule has 4 rings (SSSR count). The van der Waals surface area contributed by atoms with Gasteiger partial charge in [-0.2, -0.15) is 8.78 Å². The maximum atomic E-state index is 12.7. The fourth-order valence-corrected chi connectivity index (χ4v) is 5.01. The van der Waals surface area contributed by atoms with Crippen molar-refractivity contribution in [3.05, 3.63) is 64.1 Å². The third-order valence-electron chi connectivity index (χ3n) is 5.43. The Labute approximate surface area is 179 Å². The summed E-state index contributed by atoms with van der Waals surface area (Å²) in [5, 5.41) is 0. The number of carbonyl (C=O) groups is 1. The van der Waals surface area contributed by atoms with E-state index in [1.807, 2.05) is 12.1 Å². The van der Waals surface area contributed by atoms with E-state index in [0.717, 1.165) is 23.2 Å². The molecule has 0 atom stereocenters. The summed E-state index contributed by atoms with van der Waals surface area (Å²) in [6.45, 7) is -2.07. The third kappa shape index (κ3) is 4.94. The fourth-order valence-electron chi connectivity index (χ4n) is 3.82. The molecule has 9 heteroatoms. The number of halogens is 2. The number of amides is 1. The number of rotatable bonds is 7. The molecule has 1 aliphatic heterocycles. The van der Waals surface area contributed by atoms with Crippen LogP contribution in [0.5, 0.6) is 5.75 Å². The molecular formula is C22H22F2N2O4S. The summed E-state index contributed by atoms with van der Waals surface area (Å²) in [5.74, 6) is 0.163. The molecule has 1 heterocycles. The van der Waals surface area contributed by atoms with E-state index in [1.165, 1.54) is 12.1 Å². The number of anilines is 1. The maximum absolute atomic E-state index is 12.7. The van der Waals surface area contributed by atoms with Crippen molar-refractivity contribution in [2.75, 3.05) is 11.4 Å². The fraction of sp³-hybridized carbons (Fsp3) is 0.318. The number of nitrogens with zero attached hydrogens (tertiary/aromatic N) is 1. The average molecular weight is 448 g/mol.